The Morgan fingerprint density at radius 2 is 2.33 bits per heavy atom. The molecule has 0 bridgehead atoms. The number of nitrogens with zero attached hydrogens (tertiary/aromatic N) is 1. The van der Waals surface area contributed by atoms with E-state index in [1.165, 1.54) is 5.56 Å². The number of aromatic nitrogens is 2. The fourth-order valence-corrected chi connectivity index (χ4v) is 2.28. The van der Waals surface area contributed by atoms with Crippen LogP contribution in [0.25, 0.3) is 10.9 Å². The third-order valence-corrected chi connectivity index (χ3v) is 3.66. The van der Waals surface area contributed by atoms with Crippen LogP contribution in [0.4, 0.5) is 4.39 Å². The van der Waals surface area contributed by atoms with Crippen LogP contribution in [0.5, 0.6) is 0 Å². The molecular weight excluding hydrogens is 229 g/mol. The molecule has 0 unspecified atom stereocenters. The normalized spacial score (nSPS) is 19.0. The number of aromatic amines is 1. The number of hydrogen-bond donors (Lipinski definition) is 2. The van der Waals surface area contributed by atoms with Crippen LogP contribution in [0.15, 0.2) is 24.4 Å². The topological polar surface area (TPSA) is 40.7 Å². The zero-order chi connectivity index (χ0) is 12.6. The molecule has 3 nitrogen and oxygen atoms in total. The summed E-state index contributed by atoms with van der Waals surface area (Å²) in [6.07, 6.45) is 4.18. The van der Waals surface area contributed by atoms with Gasteiger partial charge in [-0.25, -0.2) is 4.39 Å². The lowest BCUT2D eigenvalue weighted by Crippen LogP contribution is -2.34. The number of fused-ring (bicyclic) bond motifs is 1. The van der Waals surface area contributed by atoms with Gasteiger partial charge in [-0.05, 0) is 37.8 Å². The van der Waals surface area contributed by atoms with E-state index in [2.05, 4.69) is 28.5 Å². The summed E-state index contributed by atoms with van der Waals surface area (Å²) < 4.78 is 13.5. The molecule has 3 rings (SSSR count). The zero-order valence-corrected chi connectivity index (χ0v) is 10.5. The number of halogens is 1. The van der Waals surface area contributed by atoms with Crippen molar-refractivity contribution in [2.45, 2.75) is 37.9 Å². The van der Waals surface area contributed by atoms with Crippen molar-refractivity contribution >= 4 is 10.9 Å². The number of benzene rings is 1. The maximum Gasteiger partial charge on any atom is 0.123 e. The van der Waals surface area contributed by atoms with Crippen LogP contribution in [-0.2, 0) is 6.42 Å². The van der Waals surface area contributed by atoms with E-state index in [4.69, 9.17) is 0 Å². The van der Waals surface area contributed by atoms with Gasteiger partial charge in [-0.2, -0.15) is 5.10 Å². The molecule has 1 saturated carbocycles. The van der Waals surface area contributed by atoms with Gasteiger partial charge in [0, 0.05) is 18.0 Å². The molecule has 1 aromatic heterocycles. The average molecular weight is 247 g/mol. The van der Waals surface area contributed by atoms with E-state index < -0.39 is 5.67 Å². The first-order valence-corrected chi connectivity index (χ1v) is 6.50. The van der Waals surface area contributed by atoms with Crippen molar-refractivity contribution in [1.82, 2.24) is 15.5 Å². The average Bonchev–Trinajstić information content (AvgIpc) is 2.91. The molecule has 2 aromatic rings. The lowest BCUT2D eigenvalue weighted by atomic mass is 10.0. The van der Waals surface area contributed by atoms with Crippen LogP contribution >= 0.6 is 0 Å². The summed E-state index contributed by atoms with van der Waals surface area (Å²) in [7, 11) is 0. The molecule has 2 N–H and O–H groups in total. The van der Waals surface area contributed by atoms with Crippen LogP contribution in [-0.4, -0.2) is 28.5 Å². The molecule has 0 amide bonds. The number of rotatable bonds is 5. The van der Waals surface area contributed by atoms with Gasteiger partial charge >= 0.3 is 0 Å². The molecule has 1 heterocycles. The fourth-order valence-electron chi connectivity index (χ4n) is 2.28. The van der Waals surface area contributed by atoms with Crippen molar-refractivity contribution in [3.05, 3.63) is 30.0 Å². The predicted octanol–water partition coefficient (Wildman–Crippen LogP) is 2.59. The third kappa shape index (κ3) is 2.38. The Balaban J connectivity index is 1.66. The maximum absolute atomic E-state index is 13.5. The number of nitrogens with one attached hydrogen (secondary N) is 2. The second-order valence-electron chi connectivity index (χ2n) is 5.39. The van der Waals surface area contributed by atoms with Crippen molar-refractivity contribution in [3.63, 3.8) is 0 Å². The highest BCUT2D eigenvalue weighted by atomic mass is 19.1. The van der Waals surface area contributed by atoms with Crippen molar-refractivity contribution in [3.8, 4) is 0 Å². The van der Waals surface area contributed by atoms with Gasteiger partial charge in [0.15, 0.2) is 0 Å². The first kappa shape index (κ1) is 11.7. The fraction of sp³-hybridized carbons (Fsp3) is 0.500. The quantitative estimate of drug-likeness (QED) is 0.852. The van der Waals surface area contributed by atoms with E-state index >= 15 is 0 Å². The summed E-state index contributed by atoms with van der Waals surface area (Å²) in [4.78, 5) is 0. The number of hydrogen-bond acceptors (Lipinski definition) is 2. The van der Waals surface area contributed by atoms with Crippen LogP contribution in [0.2, 0.25) is 0 Å². The molecule has 0 saturated heterocycles. The van der Waals surface area contributed by atoms with Gasteiger partial charge in [0.1, 0.15) is 5.67 Å². The maximum atomic E-state index is 13.5. The molecule has 1 aromatic carbocycles. The largest absolute Gasteiger partial charge is 0.311 e. The van der Waals surface area contributed by atoms with Crippen molar-refractivity contribution in [2.75, 3.05) is 6.54 Å². The van der Waals surface area contributed by atoms with Crippen LogP contribution in [0.3, 0.4) is 0 Å². The van der Waals surface area contributed by atoms with Crippen molar-refractivity contribution in [1.29, 1.82) is 0 Å². The van der Waals surface area contributed by atoms with Gasteiger partial charge in [0.2, 0.25) is 0 Å². The molecule has 0 radical (unpaired) electrons. The smallest absolute Gasteiger partial charge is 0.123 e. The van der Waals surface area contributed by atoms with E-state index in [0.29, 0.717) is 19.4 Å². The highest BCUT2D eigenvalue weighted by molar-refractivity contribution is 5.81. The summed E-state index contributed by atoms with van der Waals surface area (Å²) in [5.74, 6) is 0. The van der Waals surface area contributed by atoms with Crippen molar-refractivity contribution in [2.24, 2.45) is 0 Å². The first-order chi connectivity index (χ1) is 8.66. The van der Waals surface area contributed by atoms with Crippen molar-refractivity contribution < 1.29 is 4.39 Å². The highest BCUT2D eigenvalue weighted by Gasteiger charge is 2.42. The molecule has 18 heavy (non-hydrogen) atoms. The predicted molar refractivity (Wildman–Crippen MR) is 70.3 cm³/mol. The molecule has 96 valence electrons. The van der Waals surface area contributed by atoms with Crippen LogP contribution < -0.4 is 5.32 Å². The summed E-state index contributed by atoms with van der Waals surface area (Å²) in [6.45, 7) is 2.58. The second-order valence-corrected chi connectivity index (χ2v) is 5.39. The molecule has 4 heteroatoms. The molecule has 1 atom stereocenters. The minimum absolute atomic E-state index is 0.277. The lowest BCUT2D eigenvalue weighted by molar-refractivity contribution is 0.285. The summed E-state index contributed by atoms with van der Waals surface area (Å²) in [6, 6.07) is 6.43. The summed E-state index contributed by atoms with van der Waals surface area (Å²) >= 11 is 0. The SMILES string of the molecule is C[C@H](Cc1cccc2[nH]ncc12)NCC1(F)CC1. The van der Waals surface area contributed by atoms with Crippen LogP contribution in [0, 0.1) is 0 Å². The van der Waals surface area contributed by atoms with Gasteiger partial charge < -0.3 is 5.32 Å². The molecule has 0 spiro atoms. The van der Waals surface area contributed by atoms with E-state index in [9.17, 15) is 4.39 Å². The third-order valence-electron chi connectivity index (χ3n) is 3.66. The van der Waals surface area contributed by atoms with Crippen LogP contribution in [0.1, 0.15) is 25.3 Å². The number of alkyl halides is 1. The minimum Gasteiger partial charge on any atom is -0.311 e. The summed E-state index contributed by atoms with van der Waals surface area (Å²) in [5.41, 5.74) is 1.39. The molecule has 0 aliphatic heterocycles. The number of H-pyrrole nitrogens is 1. The Labute approximate surface area is 106 Å². The second kappa shape index (κ2) is 4.35. The van der Waals surface area contributed by atoms with Gasteiger partial charge in [0.25, 0.3) is 0 Å². The highest BCUT2D eigenvalue weighted by Crippen LogP contribution is 2.38. The zero-order valence-electron chi connectivity index (χ0n) is 10.5. The first-order valence-electron chi connectivity index (χ1n) is 6.50. The van der Waals surface area contributed by atoms with Gasteiger partial charge in [-0.1, -0.05) is 12.1 Å². The minimum atomic E-state index is -0.921. The van der Waals surface area contributed by atoms with Gasteiger partial charge in [0.05, 0.1) is 11.7 Å². The molecule has 1 aliphatic carbocycles. The Morgan fingerprint density at radius 3 is 3.11 bits per heavy atom. The summed E-state index contributed by atoms with van der Waals surface area (Å²) in [5, 5.41) is 11.5. The Kier molecular flexibility index (Phi) is 2.82. The Morgan fingerprint density at radius 1 is 1.50 bits per heavy atom. The standard InChI is InChI=1S/C14H18FN3/c1-10(16-9-14(15)5-6-14)7-11-3-2-4-13-12(11)8-17-18-13/h2-4,8,10,16H,5-7,9H2,1H3,(H,17,18)/t10-/m1/s1. The monoisotopic (exact) mass is 247 g/mol. The lowest BCUT2D eigenvalue weighted by Gasteiger charge is -2.15. The molecule has 1 fully saturated rings. The van der Waals surface area contributed by atoms with Gasteiger partial charge in [-0.3, -0.25) is 5.10 Å². The van der Waals surface area contributed by atoms with E-state index in [-0.39, 0.29) is 6.04 Å². The van der Waals surface area contributed by atoms with Gasteiger partial charge in [-0.15, -0.1) is 0 Å². The molecule has 1 aliphatic rings. The molecular formula is C14H18FN3. The Bertz CT molecular complexity index is 545. The Hall–Kier alpha value is -1.42. The van der Waals surface area contributed by atoms with E-state index in [0.717, 1.165) is 17.3 Å². The van der Waals surface area contributed by atoms with E-state index in [1.54, 1.807) is 0 Å². The van der Waals surface area contributed by atoms with E-state index in [1.807, 2.05) is 18.3 Å².